The topological polar surface area (TPSA) is 75.8 Å². The maximum atomic E-state index is 5.93. The molecule has 0 saturated carbocycles. The van der Waals surface area contributed by atoms with Crippen LogP contribution >= 0.6 is 11.3 Å². The highest BCUT2D eigenvalue weighted by atomic mass is 32.1. The van der Waals surface area contributed by atoms with Gasteiger partial charge in [-0.1, -0.05) is 24.3 Å². The van der Waals surface area contributed by atoms with E-state index in [9.17, 15) is 0 Å². The highest BCUT2D eigenvalue weighted by Crippen LogP contribution is 2.25. The first-order chi connectivity index (χ1) is 14.7. The highest BCUT2D eigenvalue weighted by molar-refractivity contribution is 7.15. The number of nitrogens with two attached hydrogens (primary N) is 1. The molecule has 3 rings (SSSR count). The molecule has 0 aliphatic rings. The van der Waals surface area contributed by atoms with E-state index < -0.39 is 0 Å². The predicted octanol–water partition coefficient (Wildman–Crippen LogP) is 4.11. The fourth-order valence-electron chi connectivity index (χ4n) is 3.03. The predicted molar refractivity (Wildman–Crippen MR) is 119 cm³/mol. The lowest BCUT2D eigenvalue weighted by molar-refractivity contribution is 0.0405. The lowest BCUT2D eigenvalue weighted by atomic mass is 10.1. The molecule has 2 N–H and O–H groups in total. The Balaban J connectivity index is 1.39. The van der Waals surface area contributed by atoms with Gasteiger partial charge in [0, 0.05) is 11.3 Å². The largest absolute Gasteiger partial charge is 0.497 e. The van der Waals surface area contributed by atoms with Crippen LogP contribution in [-0.4, -0.2) is 39.0 Å². The fraction of sp³-hybridized carbons (Fsp3) is 0.348. The zero-order chi connectivity index (χ0) is 21.2. The summed E-state index contributed by atoms with van der Waals surface area (Å²) in [5, 5.41) is 0.557. The van der Waals surface area contributed by atoms with Gasteiger partial charge in [0.05, 0.1) is 46.3 Å². The van der Waals surface area contributed by atoms with E-state index in [4.69, 9.17) is 24.7 Å². The maximum absolute atomic E-state index is 5.93. The van der Waals surface area contributed by atoms with Crippen molar-refractivity contribution < 1.29 is 18.9 Å². The van der Waals surface area contributed by atoms with E-state index in [2.05, 4.69) is 17.1 Å². The summed E-state index contributed by atoms with van der Waals surface area (Å²) in [5.41, 5.74) is 9.16. The molecule has 1 aromatic heterocycles. The number of aromatic nitrogens is 1. The normalized spacial score (nSPS) is 10.9. The minimum absolute atomic E-state index is 0.423. The van der Waals surface area contributed by atoms with Gasteiger partial charge in [-0.15, -0.1) is 11.3 Å². The zero-order valence-electron chi connectivity index (χ0n) is 17.4. The Labute approximate surface area is 181 Å². The number of nitrogens with zero attached hydrogens (tertiary/aromatic N) is 1. The third kappa shape index (κ3) is 6.73. The summed E-state index contributed by atoms with van der Waals surface area (Å²) in [4.78, 5) is 5.54. The van der Waals surface area contributed by atoms with Crippen molar-refractivity contribution in [1.82, 2.24) is 4.98 Å². The lowest BCUT2D eigenvalue weighted by Crippen LogP contribution is -2.07. The fourth-order valence-corrected chi connectivity index (χ4v) is 3.90. The van der Waals surface area contributed by atoms with Crippen LogP contribution in [0.2, 0.25) is 0 Å². The standard InChI is InChI=1S/C23H28N2O4S/c1-26-19-7-3-5-17(13-19)9-10-28-11-12-29-16-21-22(30-23(24)25-21)15-18-6-4-8-20(14-18)27-2/h3-8,13-14H,9-12,15-16H2,1-2H3,(H2,24,25). The number of rotatable bonds is 12. The summed E-state index contributed by atoms with van der Waals surface area (Å²) in [7, 11) is 3.34. The third-order valence-electron chi connectivity index (χ3n) is 4.57. The minimum Gasteiger partial charge on any atom is -0.497 e. The molecule has 6 nitrogen and oxygen atoms in total. The molecule has 0 aliphatic heterocycles. The van der Waals surface area contributed by atoms with Crippen molar-refractivity contribution in [3.63, 3.8) is 0 Å². The molecule has 0 amide bonds. The number of benzene rings is 2. The molecular formula is C23H28N2O4S. The summed E-state index contributed by atoms with van der Waals surface area (Å²) in [6.07, 6.45) is 1.59. The van der Waals surface area contributed by atoms with Gasteiger partial charge in [-0.3, -0.25) is 0 Å². The third-order valence-corrected chi connectivity index (χ3v) is 5.50. The average molecular weight is 429 g/mol. The smallest absolute Gasteiger partial charge is 0.180 e. The van der Waals surface area contributed by atoms with Gasteiger partial charge in [-0.25, -0.2) is 4.98 Å². The monoisotopic (exact) mass is 428 g/mol. The van der Waals surface area contributed by atoms with Crippen LogP contribution in [0.1, 0.15) is 21.7 Å². The Morgan fingerprint density at radius 2 is 1.53 bits per heavy atom. The molecular weight excluding hydrogens is 400 g/mol. The van der Waals surface area contributed by atoms with E-state index in [0.717, 1.165) is 40.5 Å². The van der Waals surface area contributed by atoms with Gasteiger partial charge < -0.3 is 24.7 Å². The molecule has 0 aliphatic carbocycles. The Morgan fingerprint density at radius 1 is 0.867 bits per heavy atom. The van der Waals surface area contributed by atoms with E-state index >= 15 is 0 Å². The Morgan fingerprint density at radius 3 is 2.27 bits per heavy atom. The van der Waals surface area contributed by atoms with E-state index in [-0.39, 0.29) is 0 Å². The van der Waals surface area contributed by atoms with E-state index in [1.54, 1.807) is 14.2 Å². The number of methoxy groups -OCH3 is 2. The molecule has 0 unspecified atom stereocenters. The summed E-state index contributed by atoms with van der Waals surface area (Å²) < 4.78 is 22.0. The molecule has 7 heteroatoms. The molecule has 0 atom stereocenters. The SMILES string of the molecule is COc1cccc(CCOCCOCc2nc(N)sc2Cc2cccc(OC)c2)c1. The van der Waals surface area contributed by atoms with Crippen LogP contribution in [0.15, 0.2) is 48.5 Å². The Bertz CT molecular complexity index is 929. The molecule has 0 spiro atoms. The summed E-state index contributed by atoms with van der Waals surface area (Å²) in [6, 6.07) is 16.0. The molecule has 160 valence electrons. The number of hydrogen-bond donors (Lipinski definition) is 1. The van der Waals surface area contributed by atoms with Crippen LogP contribution in [0.25, 0.3) is 0 Å². The number of thiazole rings is 1. The van der Waals surface area contributed by atoms with E-state index in [1.807, 2.05) is 36.4 Å². The van der Waals surface area contributed by atoms with Gasteiger partial charge >= 0.3 is 0 Å². The van der Waals surface area contributed by atoms with E-state index in [1.165, 1.54) is 16.9 Å². The van der Waals surface area contributed by atoms with Crippen molar-refractivity contribution in [2.45, 2.75) is 19.4 Å². The summed E-state index contributed by atoms with van der Waals surface area (Å²) in [6.45, 7) is 2.11. The van der Waals surface area contributed by atoms with Gasteiger partial charge in [0.25, 0.3) is 0 Å². The van der Waals surface area contributed by atoms with Crippen molar-refractivity contribution in [2.24, 2.45) is 0 Å². The highest BCUT2D eigenvalue weighted by Gasteiger charge is 2.11. The molecule has 0 fully saturated rings. The first-order valence-electron chi connectivity index (χ1n) is 9.83. The lowest BCUT2D eigenvalue weighted by Gasteiger charge is -2.08. The van der Waals surface area contributed by atoms with Gasteiger partial charge in [0.1, 0.15) is 11.5 Å². The summed E-state index contributed by atoms with van der Waals surface area (Å²) in [5.74, 6) is 1.71. The molecule has 30 heavy (non-hydrogen) atoms. The van der Waals surface area contributed by atoms with Crippen LogP contribution in [0, 0.1) is 0 Å². The van der Waals surface area contributed by atoms with Gasteiger partial charge in [0.15, 0.2) is 5.13 Å². The number of hydrogen-bond acceptors (Lipinski definition) is 7. The quantitative estimate of drug-likeness (QED) is 0.438. The molecule has 0 radical (unpaired) electrons. The number of nitrogen functional groups attached to an aromatic ring is 1. The van der Waals surface area contributed by atoms with Crippen molar-refractivity contribution in [3.05, 3.63) is 70.2 Å². The molecule has 3 aromatic rings. The second-order valence-corrected chi connectivity index (χ2v) is 7.83. The average Bonchev–Trinajstić information content (AvgIpc) is 3.12. The van der Waals surface area contributed by atoms with E-state index in [0.29, 0.717) is 31.6 Å². The molecule has 2 aromatic carbocycles. The van der Waals surface area contributed by atoms with Crippen molar-refractivity contribution >= 4 is 16.5 Å². The first-order valence-corrected chi connectivity index (χ1v) is 10.6. The number of anilines is 1. The maximum Gasteiger partial charge on any atom is 0.180 e. The van der Waals surface area contributed by atoms with Gasteiger partial charge in [-0.05, 0) is 41.8 Å². The van der Waals surface area contributed by atoms with Crippen molar-refractivity contribution in [2.75, 3.05) is 39.8 Å². The zero-order valence-corrected chi connectivity index (χ0v) is 18.2. The molecule has 1 heterocycles. The minimum atomic E-state index is 0.423. The second-order valence-electron chi connectivity index (χ2n) is 6.72. The Kier molecular flexibility index (Phi) is 8.50. The van der Waals surface area contributed by atoms with Crippen LogP contribution in [0.4, 0.5) is 5.13 Å². The molecule has 0 bridgehead atoms. The molecule has 0 saturated heterocycles. The summed E-state index contributed by atoms with van der Waals surface area (Å²) >= 11 is 1.50. The second kappa shape index (κ2) is 11.5. The van der Waals surface area contributed by atoms with Crippen LogP contribution in [0.5, 0.6) is 11.5 Å². The van der Waals surface area contributed by atoms with Crippen molar-refractivity contribution in [1.29, 1.82) is 0 Å². The van der Waals surface area contributed by atoms with Gasteiger partial charge in [0.2, 0.25) is 0 Å². The number of ether oxygens (including phenoxy) is 4. The Hall–Kier alpha value is -2.61. The first kappa shape index (κ1) is 22.1. The van der Waals surface area contributed by atoms with Crippen LogP contribution in [-0.2, 0) is 28.9 Å². The van der Waals surface area contributed by atoms with Gasteiger partial charge in [-0.2, -0.15) is 0 Å². The van der Waals surface area contributed by atoms with Crippen molar-refractivity contribution in [3.8, 4) is 11.5 Å². The van der Waals surface area contributed by atoms with Crippen LogP contribution in [0.3, 0.4) is 0 Å². The van der Waals surface area contributed by atoms with Crippen LogP contribution < -0.4 is 15.2 Å².